The van der Waals surface area contributed by atoms with Crippen LogP contribution in [0.15, 0.2) is 27.7 Å². The number of alkyl carbamates (subject to hydrolysis) is 1. The Labute approximate surface area is 122 Å². The van der Waals surface area contributed by atoms with Crippen LogP contribution < -0.4 is 5.32 Å². The number of hydrogen-bond donors (Lipinski definition) is 1. The molecule has 1 rings (SSSR count). The average molecular weight is 327 g/mol. The maximum absolute atomic E-state index is 11.6. The molecule has 0 aliphatic heterocycles. The van der Waals surface area contributed by atoms with E-state index in [2.05, 4.69) is 26.2 Å². The standard InChI is InChI=1S/C14H19BrN2O2/c1-14(2,3)19-13(18)17-9-11-5-10(8-16-4)6-12(15)7-11/h5-8H,9H2,1-4H3,(H,17,18). The molecule has 0 aromatic heterocycles. The second kappa shape index (κ2) is 6.70. The number of carbonyl (C=O) groups is 1. The van der Waals surface area contributed by atoms with E-state index in [1.54, 1.807) is 13.3 Å². The van der Waals surface area contributed by atoms with Gasteiger partial charge in [-0.3, -0.25) is 4.99 Å². The van der Waals surface area contributed by atoms with Crippen molar-refractivity contribution in [3.05, 3.63) is 33.8 Å². The number of halogens is 1. The highest BCUT2D eigenvalue weighted by Crippen LogP contribution is 2.15. The first-order valence-corrected chi connectivity index (χ1v) is 6.78. The van der Waals surface area contributed by atoms with Gasteiger partial charge in [-0.05, 0) is 50.1 Å². The van der Waals surface area contributed by atoms with Crippen LogP contribution in [0.2, 0.25) is 0 Å². The molecule has 1 aromatic rings. The highest BCUT2D eigenvalue weighted by Gasteiger charge is 2.15. The van der Waals surface area contributed by atoms with Crippen LogP contribution >= 0.6 is 15.9 Å². The first kappa shape index (κ1) is 15.7. The topological polar surface area (TPSA) is 50.7 Å². The van der Waals surface area contributed by atoms with Crippen LogP contribution in [-0.2, 0) is 11.3 Å². The third kappa shape index (κ3) is 6.38. The maximum Gasteiger partial charge on any atom is 0.407 e. The lowest BCUT2D eigenvalue weighted by atomic mass is 10.1. The molecule has 0 spiro atoms. The predicted octanol–water partition coefficient (Wildman–Crippen LogP) is 3.52. The normalized spacial score (nSPS) is 11.6. The van der Waals surface area contributed by atoms with E-state index >= 15 is 0 Å². The van der Waals surface area contributed by atoms with E-state index in [1.165, 1.54) is 0 Å². The summed E-state index contributed by atoms with van der Waals surface area (Å²) >= 11 is 3.43. The lowest BCUT2D eigenvalue weighted by molar-refractivity contribution is 0.0523. The van der Waals surface area contributed by atoms with Gasteiger partial charge in [0.05, 0.1) is 0 Å². The zero-order valence-electron chi connectivity index (χ0n) is 11.7. The molecule has 0 aliphatic carbocycles. The number of benzene rings is 1. The lowest BCUT2D eigenvalue weighted by Crippen LogP contribution is -2.32. The molecule has 0 heterocycles. The Kier molecular flexibility index (Phi) is 5.54. The molecule has 0 bridgehead atoms. The summed E-state index contributed by atoms with van der Waals surface area (Å²) in [5.41, 5.74) is 1.48. The van der Waals surface area contributed by atoms with Crippen molar-refractivity contribution in [1.82, 2.24) is 5.32 Å². The number of amides is 1. The zero-order chi connectivity index (χ0) is 14.5. The summed E-state index contributed by atoms with van der Waals surface area (Å²) in [7, 11) is 1.72. The van der Waals surface area contributed by atoms with Crippen LogP contribution in [0.3, 0.4) is 0 Å². The third-order valence-corrected chi connectivity index (χ3v) is 2.55. The van der Waals surface area contributed by atoms with Gasteiger partial charge in [-0.25, -0.2) is 4.79 Å². The molecular weight excluding hydrogens is 308 g/mol. The molecule has 0 fully saturated rings. The van der Waals surface area contributed by atoms with Crippen molar-refractivity contribution in [1.29, 1.82) is 0 Å². The van der Waals surface area contributed by atoms with Gasteiger partial charge in [0.15, 0.2) is 0 Å². The number of nitrogens with zero attached hydrogens (tertiary/aromatic N) is 1. The van der Waals surface area contributed by atoms with Crippen molar-refractivity contribution in [2.24, 2.45) is 4.99 Å². The van der Waals surface area contributed by atoms with Crippen molar-refractivity contribution in [2.45, 2.75) is 32.9 Å². The highest BCUT2D eigenvalue weighted by molar-refractivity contribution is 9.10. The van der Waals surface area contributed by atoms with Crippen molar-refractivity contribution in [2.75, 3.05) is 7.05 Å². The van der Waals surface area contributed by atoms with Gasteiger partial charge in [-0.1, -0.05) is 15.9 Å². The van der Waals surface area contributed by atoms with Crippen LogP contribution in [0.1, 0.15) is 31.9 Å². The summed E-state index contributed by atoms with van der Waals surface area (Å²) in [5.74, 6) is 0. The monoisotopic (exact) mass is 326 g/mol. The fourth-order valence-electron chi connectivity index (χ4n) is 1.49. The van der Waals surface area contributed by atoms with E-state index < -0.39 is 11.7 Å². The molecule has 0 unspecified atom stereocenters. The minimum absolute atomic E-state index is 0.416. The molecule has 1 N–H and O–H groups in total. The van der Waals surface area contributed by atoms with Gasteiger partial charge in [0.2, 0.25) is 0 Å². The number of rotatable bonds is 3. The Morgan fingerprint density at radius 2 is 2.11 bits per heavy atom. The average Bonchev–Trinajstić information content (AvgIpc) is 2.24. The molecule has 19 heavy (non-hydrogen) atoms. The van der Waals surface area contributed by atoms with Gasteiger partial charge in [-0.2, -0.15) is 0 Å². The molecule has 4 nitrogen and oxygen atoms in total. The van der Waals surface area contributed by atoms with Gasteiger partial charge >= 0.3 is 6.09 Å². The van der Waals surface area contributed by atoms with E-state index in [4.69, 9.17) is 4.74 Å². The van der Waals surface area contributed by atoms with E-state index in [0.29, 0.717) is 6.54 Å². The van der Waals surface area contributed by atoms with Gasteiger partial charge in [-0.15, -0.1) is 0 Å². The van der Waals surface area contributed by atoms with Crippen LogP contribution in [-0.4, -0.2) is 25.0 Å². The second-order valence-electron chi connectivity index (χ2n) is 5.14. The fraction of sp³-hybridized carbons (Fsp3) is 0.429. The minimum atomic E-state index is -0.485. The fourth-order valence-corrected chi connectivity index (χ4v) is 2.05. The number of ether oxygens (including phenoxy) is 1. The molecular formula is C14H19BrN2O2. The number of carbonyl (C=O) groups excluding carboxylic acids is 1. The third-order valence-electron chi connectivity index (χ3n) is 2.09. The Morgan fingerprint density at radius 1 is 1.42 bits per heavy atom. The van der Waals surface area contributed by atoms with Crippen molar-refractivity contribution in [3.8, 4) is 0 Å². The van der Waals surface area contributed by atoms with Crippen LogP contribution in [0, 0.1) is 0 Å². The number of hydrogen-bond acceptors (Lipinski definition) is 3. The van der Waals surface area contributed by atoms with Crippen LogP contribution in [0.5, 0.6) is 0 Å². The van der Waals surface area contributed by atoms with Gasteiger partial charge in [0, 0.05) is 24.3 Å². The first-order valence-electron chi connectivity index (χ1n) is 5.98. The molecule has 0 atom stereocenters. The summed E-state index contributed by atoms with van der Waals surface area (Å²) in [5, 5.41) is 2.73. The van der Waals surface area contributed by atoms with Gasteiger partial charge in [0.1, 0.15) is 5.60 Å². The number of aliphatic imine (C=N–C) groups is 1. The Hall–Kier alpha value is -1.36. The van der Waals surface area contributed by atoms with E-state index in [-0.39, 0.29) is 0 Å². The number of nitrogens with one attached hydrogen (secondary N) is 1. The molecule has 0 saturated heterocycles. The van der Waals surface area contributed by atoms with Gasteiger partial charge in [0.25, 0.3) is 0 Å². The second-order valence-corrected chi connectivity index (χ2v) is 6.05. The largest absolute Gasteiger partial charge is 0.444 e. The van der Waals surface area contributed by atoms with Gasteiger partial charge < -0.3 is 10.1 Å². The Balaban J connectivity index is 2.65. The molecule has 0 saturated carbocycles. The maximum atomic E-state index is 11.6. The minimum Gasteiger partial charge on any atom is -0.444 e. The van der Waals surface area contributed by atoms with E-state index in [0.717, 1.165) is 15.6 Å². The van der Waals surface area contributed by atoms with E-state index in [1.807, 2.05) is 39.0 Å². The highest BCUT2D eigenvalue weighted by atomic mass is 79.9. The molecule has 1 amide bonds. The summed E-state index contributed by atoms with van der Waals surface area (Å²) in [6.45, 7) is 5.92. The summed E-state index contributed by atoms with van der Waals surface area (Å²) in [6.07, 6.45) is 1.35. The lowest BCUT2D eigenvalue weighted by Gasteiger charge is -2.19. The molecule has 104 valence electrons. The molecule has 5 heteroatoms. The summed E-state index contributed by atoms with van der Waals surface area (Å²) in [6, 6.07) is 5.88. The molecule has 0 aliphatic rings. The molecule has 1 aromatic carbocycles. The van der Waals surface area contributed by atoms with Crippen LogP contribution in [0.25, 0.3) is 0 Å². The summed E-state index contributed by atoms with van der Waals surface area (Å²) < 4.78 is 6.13. The van der Waals surface area contributed by atoms with E-state index in [9.17, 15) is 4.79 Å². The van der Waals surface area contributed by atoms with Crippen molar-refractivity contribution in [3.63, 3.8) is 0 Å². The Bertz CT molecular complexity index is 479. The first-order chi connectivity index (χ1) is 8.80. The van der Waals surface area contributed by atoms with Crippen molar-refractivity contribution >= 4 is 28.2 Å². The Morgan fingerprint density at radius 3 is 2.68 bits per heavy atom. The zero-order valence-corrected chi connectivity index (χ0v) is 13.2. The predicted molar refractivity (Wildman–Crippen MR) is 80.7 cm³/mol. The summed E-state index contributed by atoms with van der Waals surface area (Å²) in [4.78, 5) is 15.5. The quantitative estimate of drug-likeness (QED) is 0.864. The molecule has 0 radical (unpaired) electrons. The van der Waals surface area contributed by atoms with Crippen molar-refractivity contribution < 1.29 is 9.53 Å². The smallest absolute Gasteiger partial charge is 0.407 e. The van der Waals surface area contributed by atoms with Crippen LogP contribution in [0.4, 0.5) is 4.79 Å². The SMILES string of the molecule is CN=Cc1cc(Br)cc(CNC(=O)OC(C)(C)C)c1.